The summed E-state index contributed by atoms with van der Waals surface area (Å²) in [6.07, 6.45) is 23.7. The first kappa shape index (κ1) is 73.3. The molecular formula is C68H114N8O8. The summed E-state index contributed by atoms with van der Waals surface area (Å²) < 4.78 is 28.7. The maximum atomic E-state index is 14.6. The minimum absolute atomic E-state index is 0.00175. The van der Waals surface area contributed by atoms with Gasteiger partial charge in [0, 0.05) is 108 Å². The predicted molar refractivity (Wildman–Crippen MR) is 344 cm³/mol. The average molecular weight is 1170 g/mol. The van der Waals surface area contributed by atoms with E-state index in [1.807, 2.05) is 99.1 Å². The van der Waals surface area contributed by atoms with Crippen LogP contribution in [0.25, 0.3) is 5.57 Å². The number of carbonyl (C=O) groups excluding carboxylic acids is 2. The van der Waals surface area contributed by atoms with Crippen molar-refractivity contribution in [2.45, 2.75) is 190 Å². The SMILES string of the molecule is C=C/C=C(\C=C/C)CN1CCN(CCCNN/C(=C\C)CCN(C)C2CC(C)OC(O[C@H]3[C@@H](C)C[C@@H](C)C(=C)C(C)C4N(CCCCn5cnc(/C(C=C)=C/C=C\C)c5)C(=C)OC4(C)[C@@H](CC)OC(=O)C(C)C(=O)[C@@H]3C)[C@@H]2O)CC1.CC.CO. The fourth-order valence-electron chi connectivity index (χ4n) is 12.5. The van der Waals surface area contributed by atoms with Gasteiger partial charge in [0.1, 0.15) is 18.1 Å². The van der Waals surface area contributed by atoms with Gasteiger partial charge in [-0.1, -0.05) is 128 Å². The third kappa shape index (κ3) is 20.6. The number of aromatic nitrogens is 2. The van der Waals surface area contributed by atoms with Gasteiger partial charge in [0.2, 0.25) is 0 Å². The van der Waals surface area contributed by atoms with E-state index in [9.17, 15) is 14.7 Å². The first-order valence-electron chi connectivity index (χ1n) is 31.5. The third-order valence-corrected chi connectivity index (χ3v) is 17.4. The van der Waals surface area contributed by atoms with Crippen LogP contribution in [0.5, 0.6) is 0 Å². The molecule has 0 radical (unpaired) electrons. The molecule has 4 aliphatic rings. The minimum atomic E-state index is -1.08. The molecule has 4 fully saturated rings. The van der Waals surface area contributed by atoms with E-state index in [1.54, 1.807) is 6.92 Å². The maximum absolute atomic E-state index is 14.6. The molecule has 0 bridgehead atoms. The van der Waals surface area contributed by atoms with Gasteiger partial charge in [-0.05, 0) is 118 Å². The number of piperazine rings is 1. The number of Topliss-reactive ketones (excluding diaryl/α,β-unsaturated/α-hetero) is 1. The predicted octanol–water partition coefficient (Wildman–Crippen LogP) is 10.7. The lowest BCUT2D eigenvalue weighted by Crippen LogP contribution is -2.57. The van der Waals surface area contributed by atoms with Gasteiger partial charge in [-0.2, -0.15) is 0 Å². The number of aliphatic hydroxyl groups is 2. The van der Waals surface area contributed by atoms with E-state index < -0.39 is 48.0 Å². The zero-order valence-electron chi connectivity index (χ0n) is 54.7. The Morgan fingerprint density at radius 1 is 0.929 bits per heavy atom. The van der Waals surface area contributed by atoms with E-state index >= 15 is 0 Å². The van der Waals surface area contributed by atoms with Crippen LogP contribution in [-0.2, 0) is 35.1 Å². The average Bonchev–Trinajstić information content (AvgIpc) is 1.85. The highest BCUT2D eigenvalue weighted by molar-refractivity contribution is 6.00. The number of cyclic esters (lactones) is 1. The zero-order chi connectivity index (χ0) is 62.7. The molecule has 0 aliphatic carbocycles. The highest BCUT2D eigenvalue weighted by atomic mass is 16.7. The second kappa shape index (κ2) is 37.6. The highest BCUT2D eigenvalue weighted by Crippen LogP contribution is 2.46. The molecule has 4 aliphatic heterocycles. The number of nitrogens with zero attached hydrogens (tertiary/aromatic N) is 6. The molecule has 13 atom stereocenters. The van der Waals surface area contributed by atoms with Gasteiger partial charge in [-0.3, -0.25) is 14.5 Å². The van der Waals surface area contributed by atoms with Crippen LogP contribution in [-0.4, -0.2) is 173 Å². The van der Waals surface area contributed by atoms with E-state index in [4.69, 9.17) is 30.6 Å². The molecule has 0 saturated carbocycles. The molecule has 4 saturated heterocycles. The Labute approximate surface area is 508 Å². The molecule has 0 spiro atoms. The molecule has 7 unspecified atom stereocenters. The number of allylic oxidation sites excluding steroid dienone is 9. The summed E-state index contributed by atoms with van der Waals surface area (Å²) in [4.78, 5) is 43.0. The van der Waals surface area contributed by atoms with Crippen molar-refractivity contribution in [2.24, 2.45) is 29.6 Å². The Kier molecular flexibility index (Phi) is 32.8. The van der Waals surface area contributed by atoms with Crippen molar-refractivity contribution in [3.63, 3.8) is 0 Å². The van der Waals surface area contributed by atoms with Crippen LogP contribution in [0.15, 0.2) is 116 Å². The number of hydrazine groups is 1. The van der Waals surface area contributed by atoms with Gasteiger partial charge in [0.05, 0.1) is 30.3 Å². The van der Waals surface area contributed by atoms with Crippen LogP contribution in [0.4, 0.5) is 0 Å². The van der Waals surface area contributed by atoms with Crippen LogP contribution in [0.2, 0.25) is 0 Å². The van der Waals surface area contributed by atoms with Crippen molar-refractivity contribution in [3.05, 3.63) is 122 Å². The van der Waals surface area contributed by atoms with Gasteiger partial charge in [0.25, 0.3) is 0 Å². The molecule has 474 valence electrons. The monoisotopic (exact) mass is 1170 g/mol. The number of nitrogens with one attached hydrogen (secondary N) is 2. The van der Waals surface area contributed by atoms with Gasteiger partial charge in [-0.25, -0.2) is 10.4 Å². The smallest absolute Gasteiger partial charge is 0.316 e. The molecule has 0 amide bonds. The normalized spacial score (nSPS) is 30.1. The number of unbranched alkanes of at least 4 members (excludes halogenated alkanes) is 1. The summed E-state index contributed by atoms with van der Waals surface area (Å²) in [6, 6.07) is -0.527. The zero-order valence-corrected chi connectivity index (χ0v) is 54.7. The van der Waals surface area contributed by atoms with Crippen LogP contribution < -0.4 is 10.9 Å². The molecule has 0 aromatic carbocycles. The Morgan fingerprint density at radius 3 is 2.24 bits per heavy atom. The number of hydrogen-bond donors (Lipinski definition) is 4. The third-order valence-electron chi connectivity index (χ3n) is 17.4. The molecule has 4 N–H and O–H groups in total. The Morgan fingerprint density at radius 2 is 1.61 bits per heavy atom. The first-order valence-corrected chi connectivity index (χ1v) is 31.5. The molecule has 16 nitrogen and oxygen atoms in total. The van der Waals surface area contributed by atoms with Crippen molar-refractivity contribution in [3.8, 4) is 0 Å². The van der Waals surface area contributed by atoms with Crippen LogP contribution in [0, 0.1) is 29.6 Å². The molecule has 1 aromatic heterocycles. The van der Waals surface area contributed by atoms with E-state index in [-0.39, 0.29) is 41.7 Å². The second-order valence-electron chi connectivity index (χ2n) is 23.4. The number of esters is 1. The number of likely N-dealkylation sites (N-methyl/N-ethyl adjacent to an activating group) is 1. The Hall–Kier alpha value is -4.91. The van der Waals surface area contributed by atoms with Gasteiger partial charge in [-0.15, -0.1) is 0 Å². The quantitative estimate of drug-likeness (QED) is 0.0182. The number of rotatable bonds is 25. The molecule has 1 aromatic rings. The first-order chi connectivity index (χ1) is 40.2. The number of aryl methyl sites for hydroxylation is 1. The second-order valence-corrected chi connectivity index (χ2v) is 23.4. The van der Waals surface area contributed by atoms with Crippen molar-refractivity contribution in [1.29, 1.82) is 0 Å². The lowest BCUT2D eigenvalue weighted by Gasteiger charge is -2.45. The van der Waals surface area contributed by atoms with Crippen molar-refractivity contribution in [2.75, 3.05) is 73.1 Å². The minimum Gasteiger partial charge on any atom is -0.467 e. The summed E-state index contributed by atoms with van der Waals surface area (Å²) in [7, 11) is 3.04. The van der Waals surface area contributed by atoms with Crippen molar-refractivity contribution in [1.82, 2.24) is 40.0 Å². The summed E-state index contributed by atoms with van der Waals surface area (Å²) in [6.45, 7) is 52.3. The summed E-state index contributed by atoms with van der Waals surface area (Å²) in [5.41, 5.74) is 11.2. The number of ketones is 1. The number of carbonyl (C=O) groups is 2. The number of ether oxygens (including phenoxy) is 4. The van der Waals surface area contributed by atoms with Crippen molar-refractivity contribution >= 4 is 17.3 Å². The lowest BCUT2D eigenvalue weighted by atomic mass is 9.73. The highest BCUT2D eigenvalue weighted by Gasteiger charge is 2.57. The van der Waals surface area contributed by atoms with Crippen LogP contribution in [0.3, 0.4) is 0 Å². The van der Waals surface area contributed by atoms with Crippen molar-refractivity contribution < 1.29 is 38.7 Å². The Bertz CT molecular complexity index is 2350. The number of imidazole rings is 1. The standard InChI is InChI=1S/C65H104N8O7.C2H6.CH4O/c1-17-23-29-54(20-4)56-43-72(44-66-56)32-24-25-34-73-52(14)80-65(15)58(22-6)78-63(76)51(13)59(74)50(12)61(46(8)40-45(7)48(10)49(11)62(65)73)79-64-60(75)57(41-47(9)77-64)69(16)35-30-55(21-5)68-67-31-26-33-70-36-38-71(39-37-70)42-53(27-18-2)28-19-3;2*1-2/h17-21,23,27-29,43-47,49-51,57-58,60-62,64,67-68,75H,2,4,10,14,22,24-26,30-42H2,1,3,5-9,11-13,15-16H3;1-2H3;2H,1H3/b23-17-,28-19-,53-27+,54-29+,55-21-;;/t45-,46+,47?,49?,50+,51?,57?,58-,60-,61+,62?,64?,65?;;/m1../s1. The lowest BCUT2D eigenvalue weighted by molar-refractivity contribution is -0.278. The van der Waals surface area contributed by atoms with E-state index in [2.05, 4.69) is 118 Å². The van der Waals surface area contributed by atoms with E-state index in [1.165, 1.54) is 5.57 Å². The number of fused-ring (bicyclic) bond motifs is 1. The summed E-state index contributed by atoms with van der Waals surface area (Å²) in [5.74, 6) is -2.45. The van der Waals surface area contributed by atoms with Gasteiger partial charge >= 0.3 is 5.97 Å². The van der Waals surface area contributed by atoms with Crippen LogP contribution >= 0.6 is 0 Å². The molecule has 84 heavy (non-hydrogen) atoms. The molecule has 16 heteroatoms. The summed E-state index contributed by atoms with van der Waals surface area (Å²) >= 11 is 0. The summed E-state index contributed by atoms with van der Waals surface area (Å²) in [5, 5.41) is 19.2. The van der Waals surface area contributed by atoms with Gasteiger partial charge < -0.3 is 53.9 Å². The molecule has 5 heterocycles. The Balaban J connectivity index is 0.00000452. The van der Waals surface area contributed by atoms with E-state index in [0.29, 0.717) is 38.2 Å². The largest absolute Gasteiger partial charge is 0.467 e. The fraction of sp³-hybridized carbons (Fsp3) is 0.662. The number of hydrogen-bond acceptors (Lipinski definition) is 15. The number of aliphatic hydroxyl groups excluding tert-OH is 2. The molecule has 5 rings (SSSR count). The maximum Gasteiger partial charge on any atom is 0.316 e. The topological polar surface area (TPSA) is 166 Å². The molecular weight excluding hydrogens is 1060 g/mol. The fourth-order valence-corrected chi connectivity index (χ4v) is 12.5. The van der Waals surface area contributed by atoms with E-state index in [0.717, 1.165) is 108 Å². The van der Waals surface area contributed by atoms with Crippen LogP contribution in [0.1, 0.15) is 141 Å². The van der Waals surface area contributed by atoms with Gasteiger partial charge in [0.15, 0.2) is 23.6 Å².